The molecule has 0 aliphatic carbocycles. The summed E-state index contributed by atoms with van der Waals surface area (Å²) in [5, 5.41) is 0. The molecular weight excluding hydrogens is 260 g/mol. The Hall–Kier alpha value is -1.06. The molecule has 0 radical (unpaired) electrons. The maximum atomic E-state index is 6.04. The van der Waals surface area contributed by atoms with E-state index in [-0.39, 0.29) is 0 Å². The molecule has 3 heteroatoms. The maximum absolute atomic E-state index is 6.04. The average Bonchev–Trinajstić information content (AvgIpc) is 2.99. The summed E-state index contributed by atoms with van der Waals surface area (Å²) in [6.45, 7) is 6.30. The van der Waals surface area contributed by atoms with Crippen molar-refractivity contribution in [2.45, 2.75) is 45.1 Å². The molecule has 3 nitrogen and oxygen atoms in total. The summed E-state index contributed by atoms with van der Waals surface area (Å²) in [5.74, 6) is 1.87. The molecule has 0 saturated carbocycles. The molecule has 2 aliphatic heterocycles. The van der Waals surface area contributed by atoms with Gasteiger partial charge in [0.2, 0.25) is 0 Å². The smallest absolute Gasteiger partial charge is 0.122 e. The van der Waals surface area contributed by atoms with Gasteiger partial charge < -0.3 is 10.5 Å². The predicted molar refractivity (Wildman–Crippen MR) is 86.8 cm³/mol. The van der Waals surface area contributed by atoms with E-state index in [2.05, 4.69) is 30.0 Å². The molecule has 2 heterocycles. The summed E-state index contributed by atoms with van der Waals surface area (Å²) < 4.78 is 5.58. The Balaban J connectivity index is 1.61. The van der Waals surface area contributed by atoms with Crippen LogP contribution in [0.5, 0.6) is 5.75 Å². The number of nitrogens with two attached hydrogens (primary N) is 1. The van der Waals surface area contributed by atoms with E-state index in [1.165, 1.54) is 36.9 Å². The fraction of sp³-hybridized carbons (Fsp3) is 0.667. The highest BCUT2D eigenvalue weighted by molar-refractivity contribution is 5.39. The van der Waals surface area contributed by atoms with Gasteiger partial charge in [0.15, 0.2) is 0 Å². The van der Waals surface area contributed by atoms with Crippen LogP contribution in [0.4, 0.5) is 0 Å². The molecule has 2 aliphatic rings. The number of hydrogen-bond donors (Lipinski definition) is 1. The van der Waals surface area contributed by atoms with Gasteiger partial charge in [-0.2, -0.15) is 0 Å². The van der Waals surface area contributed by atoms with Gasteiger partial charge in [-0.25, -0.2) is 0 Å². The molecule has 0 amide bonds. The van der Waals surface area contributed by atoms with Gasteiger partial charge in [0.25, 0.3) is 0 Å². The van der Waals surface area contributed by atoms with Crippen LogP contribution in [0, 0.1) is 5.92 Å². The second kappa shape index (κ2) is 6.80. The van der Waals surface area contributed by atoms with Crippen LogP contribution < -0.4 is 10.5 Å². The van der Waals surface area contributed by atoms with Gasteiger partial charge in [0.1, 0.15) is 5.75 Å². The molecule has 116 valence electrons. The predicted octanol–water partition coefficient (Wildman–Crippen LogP) is 2.61. The van der Waals surface area contributed by atoms with E-state index in [0.717, 1.165) is 44.2 Å². The van der Waals surface area contributed by atoms with Gasteiger partial charge in [-0.15, -0.1) is 0 Å². The Morgan fingerprint density at radius 2 is 2.29 bits per heavy atom. The third-order valence-corrected chi connectivity index (χ3v) is 5.24. The molecule has 1 saturated heterocycles. The summed E-state index contributed by atoms with van der Waals surface area (Å²) in [7, 11) is 0. The second-order valence-electron chi connectivity index (χ2n) is 6.44. The Morgan fingerprint density at radius 3 is 3.10 bits per heavy atom. The Labute approximate surface area is 128 Å². The third kappa shape index (κ3) is 3.24. The fourth-order valence-corrected chi connectivity index (χ4v) is 3.98. The molecule has 1 aromatic rings. The van der Waals surface area contributed by atoms with Crippen LogP contribution in [0.2, 0.25) is 0 Å². The zero-order chi connectivity index (χ0) is 14.7. The molecule has 0 aromatic heterocycles. The molecule has 21 heavy (non-hydrogen) atoms. The van der Waals surface area contributed by atoms with Gasteiger partial charge in [0, 0.05) is 25.6 Å². The van der Waals surface area contributed by atoms with E-state index in [0.29, 0.717) is 6.04 Å². The van der Waals surface area contributed by atoms with Crippen LogP contribution in [-0.4, -0.2) is 37.2 Å². The van der Waals surface area contributed by atoms with Crippen molar-refractivity contribution in [3.63, 3.8) is 0 Å². The Morgan fingerprint density at radius 1 is 1.38 bits per heavy atom. The van der Waals surface area contributed by atoms with Crippen molar-refractivity contribution in [2.75, 3.05) is 26.2 Å². The van der Waals surface area contributed by atoms with E-state index in [9.17, 15) is 0 Å². The van der Waals surface area contributed by atoms with Crippen LogP contribution in [-0.2, 0) is 12.8 Å². The number of fused-ring (bicyclic) bond motifs is 1. The summed E-state index contributed by atoms with van der Waals surface area (Å²) in [6, 6.07) is 7.29. The SMILES string of the molecule is CCC1CCCN(CCc2ccc3c(c2)CCO3)C1CN. The first-order valence-electron chi connectivity index (χ1n) is 8.50. The molecule has 2 unspecified atom stereocenters. The van der Waals surface area contributed by atoms with Crippen molar-refractivity contribution in [1.82, 2.24) is 4.90 Å². The van der Waals surface area contributed by atoms with E-state index < -0.39 is 0 Å². The zero-order valence-electron chi connectivity index (χ0n) is 13.2. The number of rotatable bonds is 5. The lowest BCUT2D eigenvalue weighted by atomic mass is 9.87. The van der Waals surface area contributed by atoms with Gasteiger partial charge in [-0.3, -0.25) is 4.90 Å². The summed E-state index contributed by atoms with van der Waals surface area (Å²) in [6.07, 6.45) is 6.13. The lowest BCUT2D eigenvalue weighted by Gasteiger charge is -2.40. The van der Waals surface area contributed by atoms with Crippen molar-refractivity contribution < 1.29 is 4.74 Å². The fourth-order valence-electron chi connectivity index (χ4n) is 3.98. The molecule has 1 aromatic carbocycles. The van der Waals surface area contributed by atoms with E-state index in [1.807, 2.05) is 0 Å². The van der Waals surface area contributed by atoms with E-state index >= 15 is 0 Å². The molecule has 0 bridgehead atoms. The van der Waals surface area contributed by atoms with Crippen LogP contribution in [0.15, 0.2) is 18.2 Å². The zero-order valence-corrected chi connectivity index (χ0v) is 13.2. The molecule has 2 N–H and O–H groups in total. The Kier molecular flexibility index (Phi) is 4.81. The lowest BCUT2D eigenvalue weighted by Crippen LogP contribution is -2.49. The standard InChI is InChI=1S/C18H28N2O/c1-2-15-4-3-9-20(17(15)13-19)10-7-14-5-6-18-16(12-14)8-11-21-18/h5-6,12,15,17H,2-4,7-11,13,19H2,1H3. The molecule has 1 fully saturated rings. The lowest BCUT2D eigenvalue weighted by molar-refractivity contribution is 0.0966. The minimum absolute atomic E-state index is 0.585. The first kappa shape index (κ1) is 14.9. The van der Waals surface area contributed by atoms with Crippen LogP contribution in [0.1, 0.15) is 37.3 Å². The number of piperidine rings is 1. The molecule has 0 spiro atoms. The molecule has 3 rings (SSSR count). The maximum Gasteiger partial charge on any atom is 0.122 e. The normalized spacial score (nSPS) is 25.6. The van der Waals surface area contributed by atoms with Crippen molar-refractivity contribution in [3.8, 4) is 5.75 Å². The monoisotopic (exact) mass is 288 g/mol. The number of likely N-dealkylation sites (tertiary alicyclic amines) is 1. The summed E-state index contributed by atoms with van der Waals surface area (Å²) in [4.78, 5) is 2.63. The quantitative estimate of drug-likeness (QED) is 0.905. The van der Waals surface area contributed by atoms with Gasteiger partial charge in [-0.1, -0.05) is 25.5 Å². The average molecular weight is 288 g/mol. The highest BCUT2D eigenvalue weighted by Crippen LogP contribution is 2.28. The Bertz CT molecular complexity index is 474. The van der Waals surface area contributed by atoms with Crippen molar-refractivity contribution in [2.24, 2.45) is 11.7 Å². The van der Waals surface area contributed by atoms with Crippen LogP contribution >= 0.6 is 0 Å². The number of hydrogen-bond acceptors (Lipinski definition) is 3. The first-order chi connectivity index (χ1) is 10.3. The largest absolute Gasteiger partial charge is 0.493 e. The minimum Gasteiger partial charge on any atom is -0.493 e. The van der Waals surface area contributed by atoms with E-state index in [4.69, 9.17) is 10.5 Å². The molecule has 2 atom stereocenters. The van der Waals surface area contributed by atoms with Gasteiger partial charge in [-0.05, 0) is 48.9 Å². The number of benzene rings is 1. The number of ether oxygens (including phenoxy) is 1. The van der Waals surface area contributed by atoms with Crippen LogP contribution in [0.3, 0.4) is 0 Å². The highest BCUT2D eigenvalue weighted by atomic mass is 16.5. The number of nitrogens with zero attached hydrogens (tertiary/aromatic N) is 1. The molecular formula is C18H28N2O. The third-order valence-electron chi connectivity index (χ3n) is 5.24. The van der Waals surface area contributed by atoms with Crippen molar-refractivity contribution in [3.05, 3.63) is 29.3 Å². The van der Waals surface area contributed by atoms with Crippen LogP contribution in [0.25, 0.3) is 0 Å². The first-order valence-corrected chi connectivity index (χ1v) is 8.50. The van der Waals surface area contributed by atoms with Gasteiger partial charge in [0.05, 0.1) is 6.61 Å². The highest BCUT2D eigenvalue weighted by Gasteiger charge is 2.28. The van der Waals surface area contributed by atoms with Crippen molar-refractivity contribution in [1.29, 1.82) is 0 Å². The second-order valence-corrected chi connectivity index (χ2v) is 6.44. The van der Waals surface area contributed by atoms with Crippen molar-refractivity contribution >= 4 is 0 Å². The van der Waals surface area contributed by atoms with E-state index in [1.54, 1.807) is 0 Å². The topological polar surface area (TPSA) is 38.5 Å². The van der Waals surface area contributed by atoms with Gasteiger partial charge >= 0.3 is 0 Å². The summed E-state index contributed by atoms with van der Waals surface area (Å²) >= 11 is 0. The summed E-state index contributed by atoms with van der Waals surface area (Å²) in [5.41, 5.74) is 8.87. The minimum atomic E-state index is 0.585.